The summed E-state index contributed by atoms with van der Waals surface area (Å²) in [5.74, 6) is -0.338. The normalized spacial score (nSPS) is 10.7. The zero-order valence-electron chi connectivity index (χ0n) is 11.7. The molecule has 1 aromatic rings. The molecule has 0 aromatic heterocycles. The first kappa shape index (κ1) is 14.6. The van der Waals surface area contributed by atoms with E-state index < -0.39 is 5.97 Å². The highest BCUT2D eigenvalue weighted by molar-refractivity contribution is 5.75. The Balaban J connectivity index is 3.14. The van der Waals surface area contributed by atoms with Crippen LogP contribution in [0.5, 0.6) is 0 Å². The first-order valence-corrected chi connectivity index (χ1v) is 6.50. The van der Waals surface area contributed by atoms with Gasteiger partial charge >= 0.3 is 5.97 Å². The molecule has 0 aliphatic rings. The Bertz CT molecular complexity index is 413. The third-order valence-electron chi connectivity index (χ3n) is 2.93. The van der Waals surface area contributed by atoms with Gasteiger partial charge in [-0.2, -0.15) is 0 Å². The predicted molar refractivity (Wildman–Crippen MR) is 75.2 cm³/mol. The number of hydrogen-bond acceptors (Lipinski definition) is 2. The number of hydrogen-bond donors (Lipinski definition) is 1. The number of benzene rings is 1. The van der Waals surface area contributed by atoms with Crippen LogP contribution in [0.4, 0.5) is 5.69 Å². The van der Waals surface area contributed by atoms with Gasteiger partial charge in [0.05, 0.1) is 0 Å². The minimum atomic E-state index is -0.777. The molecule has 0 amide bonds. The monoisotopic (exact) mass is 249 g/mol. The van der Waals surface area contributed by atoms with Gasteiger partial charge in [-0.1, -0.05) is 39.0 Å². The van der Waals surface area contributed by atoms with E-state index in [1.807, 2.05) is 24.0 Å². The first-order chi connectivity index (χ1) is 8.45. The second kappa shape index (κ2) is 6.43. The summed E-state index contributed by atoms with van der Waals surface area (Å²) < 4.78 is 0. The van der Waals surface area contributed by atoms with Gasteiger partial charge in [0.2, 0.25) is 0 Å². The molecule has 0 spiro atoms. The minimum absolute atomic E-state index is 0.0655. The third-order valence-corrected chi connectivity index (χ3v) is 2.93. The molecule has 0 atom stereocenters. The Labute approximate surface area is 109 Å². The zero-order chi connectivity index (χ0) is 13.7. The lowest BCUT2D eigenvalue weighted by Crippen LogP contribution is -2.34. The molecule has 18 heavy (non-hydrogen) atoms. The van der Waals surface area contributed by atoms with Crippen molar-refractivity contribution in [3.05, 3.63) is 29.3 Å². The largest absolute Gasteiger partial charge is 0.480 e. The maximum atomic E-state index is 11.0. The van der Waals surface area contributed by atoms with E-state index in [1.165, 1.54) is 5.56 Å². The highest BCUT2D eigenvalue weighted by Gasteiger charge is 2.16. The Hall–Kier alpha value is -1.51. The van der Waals surface area contributed by atoms with Crippen molar-refractivity contribution in [2.24, 2.45) is 5.92 Å². The summed E-state index contributed by atoms with van der Waals surface area (Å²) in [7, 11) is 0. The van der Waals surface area contributed by atoms with Gasteiger partial charge in [0.1, 0.15) is 6.54 Å². The molecule has 0 radical (unpaired) electrons. The van der Waals surface area contributed by atoms with Crippen LogP contribution in [0, 0.1) is 12.8 Å². The number of carboxylic acids is 1. The molecule has 0 bridgehead atoms. The summed E-state index contributed by atoms with van der Waals surface area (Å²) in [6.45, 7) is 9.20. The van der Waals surface area contributed by atoms with Crippen molar-refractivity contribution >= 4 is 11.7 Å². The lowest BCUT2D eigenvalue weighted by molar-refractivity contribution is -0.135. The van der Waals surface area contributed by atoms with E-state index in [2.05, 4.69) is 26.8 Å². The van der Waals surface area contributed by atoms with Crippen LogP contribution in [0.3, 0.4) is 0 Å². The second-order valence-electron chi connectivity index (χ2n) is 5.10. The fourth-order valence-corrected chi connectivity index (χ4v) is 2.30. The predicted octanol–water partition coefficient (Wildman–Crippen LogP) is 3.10. The standard InChI is InChI=1S/C15H23NO2/c1-5-13-8-6-7-12(4)15(13)16(9-11(2)3)10-14(17)18/h6-8,11H,5,9-10H2,1-4H3,(H,17,18). The Kier molecular flexibility index (Phi) is 5.20. The van der Waals surface area contributed by atoms with E-state index in [1.54, 1.807) is 0 Å². The molecule has 0 unspecified atom stereocenters. The van der Waals surface area contributed by atoms with E-state index in [-0.39, 0.29) is 6.54 Å². The number of aliphatic carboxylic acids is 1. The molecule has 0 heterocycles. The second-order valence-corrected chi connectivity index (χ2v) is 5.10. The summed E-state index contributed by atoms with van der Waals surface area (Å²) in [4.78, 5) is 13.0. The number of para-hydroxylation sites is 1. The Morgan fingerprint density at radius 2 is 2.06 bits per heavy atom. The Morgan fingerprint density at radius 1 is 1.39 bits per heavy atom. The van der Waals surface area contributed by atoms with Crippen LogP contribution in [0.25, 0.3) is 0 Å². The fourth-order valence-electron chi connectivity index (χ4n) is 2.30. The van der Waals surface area contributed by atoms with E-state index in [0.29, 0.717) is 5.92 Å². The van der Waals surface area contributed by atoms with Crippen LogP contribution < -0.4 is 4.90 Å². The molecule has 3 heteroatoms. The highest BCUT2D eigenvalue weighted by Crippen LogP contribution is 2.26. The quantitative estimate of drug-likeness (QED) is 0.842. The lowest BCUT2D eigenvalue weighted by Gasteiger charge is -2.28. The molecular formula is C15H23NO2. The maximum Gasteiger partial charge on any atom is 0.323 e. The van der Waals surface area contributed by atoms with E-state index in [0.717, 1.165) is 24.2 Å². The van der Waals surface area contributed by atoms with Crippen LogP contribution in [0.15, 0.2) is 18.2 Å². The van der Waals surface area contributed by atoms with Gasteiger partial charge in [-0.3, -0.25) is 4.79 Å². The summed E-state index contributed by atoms with van der Waals surface area (Å²) in [6, 6.07) is 6.16. The van der Waals surface area contributed by atoms with Gasteiger partial charge < -0.3 is 10.0 Å². The number of carboxylic acid groups (broad SMARTS) is 1. The number of anilines is 1. The number of rotatable bonds is 6. The maximum absolute atomic E-state index is 11.0. The van der Waals surface area contributed by atoms with Crippen LogP contribution in [0.2, 0.25) is 0 Å². The van der Waals surface area contributed by atoms with Crippen molar-refractivity contribution in [3.8, 4) is 0 Å². The molecule has 0 aliphatic carbocycles. The zero-order valence-corrected chi connectivity index (χ0v) is 11.7. The van der Waals surface area contributed by atoms with Crippen LogP contribution in [0.1, 0.15) is 31.9 Å². The van der Waals surface area contributed by atoms with Crippen LogP contribution in [-0.2, 0) is 11.2 Å². The van der Waals surface area contributed by atoms with Gasteiger partial charge in [0, 0.05) is 12.2 Å². The van der Waals surface area contributed by atoms with Crippen molar-refractivity contribution < 1.29 is 9.90 Å². The first-order valence-electron chi connectivity index (χ1n) is 6.50. The van der Waals surface area contributed by atoms with E-state index in [9.17, 15) is 4.79 Å². The van der Waals surface area contributed by atoms with Crippen molar-refractivity contribution in [2.45, 2.75) is 34.1 Å². The minimum Gasteiger partial charge on any atom is -0.480 e. The molecule has 1 N–H and O–H groups in total. The molecule has 100 valence electrons. The third kappa shape index (κ3) is 3.76. The van der Waals surface area contributed by atoms with E-state index >= 15 is 0 Å². The van der Waals surface area contributed by atoms with Gasteiger partial charge in [-0.15, -0.1) is 0 Å². The number of carbonyl (C=O) groups is 1. The topological polar surface area (TPSA) is 40.5 Å². The highest BCUT2D eigenvalue weighted by atomic mass is 16.4. The molecule has 1 rings (SSSR count). The van der Waals surface area contributed by atoms with Gasteiger partial charge in [0.25, 0.3) is 0 Å². The van der Waals surface area contributed by atoms with Crippen molar-refractivity contribution in [1.29, 1.82) is 0 Å². The SMILES string of the molecule is CCc1cccc(C)c1N(CC(=O)O)CC(C)C. The fraction of sp³-hybridized carbons (Fsp3) is 0.533. The molecule has 0 saturated heterocycles. The van der Waals surface area contributed by atoms with Crippen LogP contribution >= 0.6 is 0 Å². The molecule has 3 nitrogen and oxygen atoms in total. The summed E-state index contributed by atoms with van der Waals surface area (Å²) in [5.41, 5.74) is 3.46. The average Bonchev–Trinajstić information content (AvgIpc) is 2.26. The average molecular weight is 249 g/mol. The van der Waals surface area contributed by atoms with Gasteiger partial charge in [0.15, 0.2) is 0 Å². The summed E-state index contributed by atoms with van der Waals surface area (Å²) >= 11 is 0. The summed E-state index contributed by atoms with van der Waals surface area (Å²) in [5, 5.41) is 9.07. The summed E-state index contributed by atoms with van der Waals surface area (Å²) in [6.07, 6.45) is 0.922. The molecule has 1 aromatic carbocycles. The van der Waals surface area contributed by atoms with Crippen molar-refractivity contribution in [1.82, 2.24) is 0 Å². The van der Waals surface area contributed by atoms with E-state index in [4.69, 9.17) is 5.11 Å². The molecule has 0 aliphatic heterocycles. The Morgan fingerprint density at radius 3 is 2.56 bits per heavy atom. The van der Waals surface area contributed by atoms with Crippen molar-refractivity contribution in [3.63, 3.8) is 0 Å². The lowest BCUT2D eigenvalue weighted by atomic mass is 10.0. The molecule has 0 saturated carbocycles. The molecular weight excluding hydrogens is 226 g/mol. The van der Waals surface area contributed by atoms with Gasteiger partial charge in [-0.25, -0.2) is 0 Å². The smallest absolute Gasteiger partial charge is 0.323 e. The van der Waals surface area contributed by atoms with Crippen molar-refractivity contribution in [2.75, 3.05) is 18.0 Å². The van der Waals surface area contributed by atoms with Crippen LogP contribution in [-0.4, -0.2) is 24.2 Å². The number of aryl methyl sites for hydroxylation is 2. The van der Waals surface area contributed by atoms with Gasteiger partial charge in [-0.05, 0) is 30.4 Å². The molecule has 0 fully saturated rings. The number of nitrogens with zero attached hydrogens (tertiary/aromatic N) is 1.